The third-order valence-corrected chi connectivity index (χ3v) is 1.10. The van der Waals surface area contributed by atoms with Crippen LogP contribution in [0.3, 0.4) is 0 Å². The summed E-state index contributed by atoms with van der Waals surface area (Å²) in [7, 11) is 0. The van der Waals surface area contributed by atoms with Crippen molar-refractivity contribution in [1.82, 2.24) is 0 Å². The van der Waals surface area contributed by atoms with E-state index in [0.29, 0.717) is 0 Å². The third kappa shape index (κ3) is 15.3. The van der Waals surface area contributed by atoms with Crippen LogP contribution in [0.15, 0.2) is 0 Å². The minimum Gasteiger partial charge on any atom is -0.447 e. The maximum Gasteiger partial charge on any atom is 0.304 e. The number of carbonyl (C=O) groups is 1. The van der Waals surface area contributed by atoms with Gasteiger partial charge < -0.3 is 9.84 Å². The van der Waals surface area contributed by atoms with Crippen molar-refractivity contribution in [2.24, 2.45) is 0 Å². The molecule has 0 aromatic carbocycles. The average Bonchev–Trinajstić information content (AvgIpc) is 2.02. The summed E-state index contributed by atoms with van der Waals surface area (Å²) in [5, 5.41) is 8.59. The molecule has 0 saturated carbocycles. The fourth-order valence-electron chi connectivity index (χ4n) is 0.389. The quantitative estimate of drug-likeness (QED) is 0.525. The first kappa shape index (κ1) is 16.0. The predicted octanol–water partition coefficient (Wildman–Crippen LogP) is 1.35. The fraction of sp³-hybridized carbons (Fsp3) is 0.583. The topological polar surface area (TPSA) is 46.5 Å². The number of terminal acetylenes is 2. The van der Waals surface area contributed by atoms with Gasteiger partial charge in [0, 0.05) is 6.92 Å². The molecule has 0 spiro atoms. The van der Waals surface area contributed by atoms with E-state index < -0.39 is 11.2 Å². The van der Waals surface area contributed by atoms with Gasteiger partial charge in [0.25, 0.3) is 0 Å². The minimum absolute atomic E-state index is 0.349. The van der Waals surface area contributed by atoms with E-state index in [-0.39, 0.29) is 5.97 Å². The number of hydrogen-bond donors (Lipinski definition) is 1. The Labute approximate surface area is 91.8 Å². The summed E-state index contributed by atoms with van der Waals surface area (Å²) < 4.78 is 4.71. The Bertz CT molecular complexity index is 281. The van der Waals surface area contributed by atoms with Crippen LogP contribution in [0.25, 0.3) is 0 Å². The molecule has 3 heteroatoms. The summed E-state index contributed by atoms with van der Waals surface area (Å²) in [4.78, 5) is 10.3. The van der Waals surface area contributed by atoms with E-state index in [1.54, 1.807) is 27.7 Å². The monoisotopic (exact) mass is 210 g/mol. The van der Waals surface area contributed by atoms with Crippen molar-refractivity contribution in [3.63, 3.8) is 0 Å². The van der Waals surface area contributed by atoms with Gasteiger partial charge in [-0.3, -0.25) is 4.79 Å². The second-order valence-corrected chi connectivity index (χ2v) is 3.95. The van der Waals surface area contributed by atoms with Crippen LogP contribution in [0.2, 0.25) is 0 Å². The fourth-order valence-corrected chi connectivity index (χ4v) is 0.389. The Morgan fingerprint density at radius 3 is 1.60 bits per heavy atom. The van der Waals surface area contributed by atoms with Gasteiger partial charge in [-0.1, -0.05) is 11.8 Å². The summed E-state index contributed by atoms with van der Waals surface area (Å²) >= 11 is 0. The molecule has 15 heavy (non-hydrogen) atoms. The number of ether oxygens (including phenoxy) is 1. The van der Waals surface area contributed by atoms with Crippen LogP contribution in [0.5, 0.6) is 0 Å². The largest absolute Gasteiger partial charge is 0.447 e. The van der Waals surface area contributed by atoms with E-state index in [1.165, 1.54) is 6.92 Å². The van der Waals surface area contributed by atoms with Crippen LogP contribution in [0.4, 0.5) is 0 Å². The van der Waals surface area contributed by atoms with Crippen LogP contribution < -0.4 is 0 Å². The zero-order valence-electron chi connectivity index (χ0n) is 9.92. The van der Waals surface area contributed by atoms with Gasteiger partial charge in [-0.2, -0.15) is 0 Å². The SMILES string of the molecule is C#CC(C)(C)O.C#CC(C)(C)OC(C)=O. The summed E-state index contributed by atoms with van der Waals surface area (Å²) in [6.07, 6.45) is 9.83. The summed E-state index contributed by atoms with van der Waals surface area (Å²) in [5.74, 6) is 4.14. The second kappa shape index (κ2) is 6.11. The highest BCUT2D eigenvalue weighted by Gasteiger charge is 2.15. The van der Waals surface area contributed by atoms with Gasteiger partial charge in [-0.05, 0) is 27.7 Å². The second-order valence-electron chi connectivity index (χ2n) is 3.95. The first-order valence-corrected chi connectivity index (χ1v) is 4.41. The van der Waals surface area contributed by atoms with E-state index in [4.69, 9.17) is 22.7 Å². The van der Waals surface area contributed by atoms with Crippen LogP contribution in [-0.2, 0) is 9.53 Å². The highest BCUT2D eigenvalue weighted by Crippen LogP contribution is 2.05. The average molecular weight is 210 g/mol. The van der Waals surface area contributed by atoms with Crippen LogP contribution in [0, 0.1) is 24.7 Å². The summed E-state index contributed by atoms with van der Waals surface area (Å²) in [5.41, 5.74) is -1.69. The van der Waals surface area contributed by atoms with Crippen molar-refractivity contribution < 1.29 is 14.6 Å². The molecule has 0 aliphatic carbocycles. The Morgan fingerprint density at radius 1 is 1.20 bits per heavy atom. The lowest BCUT2D eigenvalue weighted by atomic mass is 10.1. The molecule has 0 heterocycles. The van der Waals surface area contributed by atoms with E-state index in [1.807, 2.05) is 0 Å². The van der Waals surface area contributed by atoms with Gasteiger partial charge in [-0.15, -0.1) is 12.8 Å². The zero-order valence-corrected chi connectivity index (χ0v) is 9.92. The maximum absolute atomic E-state index is 10.3. The molecular formula is C12H18O3. The molecule has 0 aromatic heterocycles. The minimum atomic E-state index is -0.931. The number of rotatable bonds is 1. The number of esters is 1. The number of aliphatic hydroxyl groups is 1. The molecular weight excluding hydrogens is 192 g/mol. The highest BCUT2D eigenvalue weighted by atomic mass is 16.6. The van der Waals surface area contributed by atoms with Gasteiger partial charge in [0.05, 0.1) is 0 Å². The van der Waals surface area contributed by atoms with Gasteiger partial charge in [-0.25, -0.2) is 0 Å². The molecule has 1 N–H and O–H groups in total. The Balaban J connectivity index is 0. The number of hydrogen-bond acceptors (Lipinski definition) is 3. The zero-order chi connectivity index (χ0) is 12.7. The predicted molar refractivity (Wildman–Crippen MR) is 59.8 cm³/mol. The Hall–Kier alpha value is -1.45. The van der Waals surface area contributed by atoms with Gasteiger partial charge >= 0.3 is 5.97 Å². The summed E-state index contributed by atoms with van der Waals surface area (Å²) in [6, 6.07) is 0. The standard InChI is InChI=1S/C7H10O2.C5H8O/c1-5-7(3,4)9-6(2)8;1-4-5(2,3)6/h1H,2-4H3;1,6H,2-3H3. The molecule has 0 radical (unpaired) electrons. The van der Waals surface area contributed by atoms with Crippen LogP contribution in [0.1, 0.15) is 34.6 Å². The van der Waals surface area contributed by atoms with E-state index in [0.717, 1.165) is 0 Å². The lowest BCUT2D eigenvalue weighted by Gasteiger charge is -2.16. The molecule has 0 aromatic rings. The normalized spacial score (nSPS) is 10.1. The van der Waals surface area contributed by atoms with Crippen molar-refractivity contribution in [2.45, 2.75) is 45.8 Å². The van der Waals surface area contributed by atoms with Crippen LogP contribution in [-0.4, -0.2) is 22.3 Å². The smallest absolute Gasteiger partial charge is 0.304 e. The molecule has 0 rings (SSSR count). The van der Waals surface area contributed by atoms with Gasteiger partial charge in [0.15, 0.2) is 5.60 Å². The van der Waals surface area contributed by atoms with Crippen molar-refractivity contribution in [2.75, 3.05) is 0 Å². The Morgan fingerprint density at radius 2 is 1.53 bits per heavy atom. The van der Waals surface area contributed by atoms with Crippen LogP contribution >= 0.6 is 0 Å². The molecule has 0 amide bonds. The molecule has 84 valence electrons. The summed E-state index contributed by atoms with van der Waals surface area (Å²) in [6.45, 7) is 7.78. The van der Waals surface area contributed by atoms with Gasteiger partial charge in [0.2, 0.25) is 0 Å². The first-order valence-electron chi connectivity index (χ1n) is 4.41. The Kier molecular flexibility index (Phi) is 6.52. The molecule has 0 saturated heterocycles. The molecule has 0 aliphatic rings. The lowest BCUT2D eigenvalue weighted by Crippen LogP contribution is -2.24. The van der Waals surface area contributed by atoms with Gasteiger partial charge in [0.1, 0.15) is 5.60 Å². The maximum atomic E-state index is 10.3. The number of carbonyl (C=O) groups excluding carboxylic acids is 1. The van der Waals surface area contributed by atoms with E-state index in [2.05, 4.69) is 11.8 Å². The van der Waals surface area contributed by atoms with Crippen molar-refractivity contribution in [3.8, 4) is 24.7 Å². The van der Waals surface area contributed by atoms with E-state index in [9.17, 15) is 4.79 Å². The molecule has 0 aliphatic heterocycles. The third-order valence-electron chi connectivity index (χ3n) is 1.10. The molecule has 0 fully saturated rings. The van der Waals surface area contributed by atoms with Crippen molar-refractivity contribution >= 4 is 5.97 Å². The lowest BCUT2D eigenvalue weighted by molar-refractivity contribution is -0.148. The molecule has 0 atom stereocenters. The molecule has 3 nitrogen and oxygen atoms in total. The van der Waals surface area contributed by atoms with Crippen molar-refractivity contribution in [3.05, 3.63) is 0 Å². The molecule has 0 bridgehead atoms. The molecule has 0 unspecified atom stereocenters. The first-order chi connectivity index (χ1) is 6.54. The van der Waals surface area contributed by atoms with Crippen molar-refractivity contribution in [1.29, 1.82) is 0 Å². The van der Waals surface area contributed by atoms with E-state index >= 15 is 0 Å². The highest BCUT2D eigenvalue weighted by molar-refractivity contribution is 5.66.